The van der Waals surface area contributed by atoms with E-state index in [0.29, 0.717) is 5.56 Å². The molecule has 3 aromatic carbocycles. The molecule has 0 unspecified atom stereocenters. The normalized spacial score (nSPS) is 27.9. The standard InChI is InChI=1S/C35H40O8/c1-32(2,3)42-30(38)28(37)27-25(24-18-20-12-7-8-13-21(20)22-14-9-10-15-23(22)24)19-35(41,31(39)43-33(4,5)6)29-26(36)16-11-17-34(27,29)40/h7-10,12-15,18,25,27,29,40-41H,11,16-17,19H2,1-6H3/t25-,27+,29-,34-,35+/m0/s1. The molecule has 0 saturated heterocycles. The fourth-order valence-corrected chi connectivity index (χ4v) is 7.16. The molecule has 2 saturated carbocycles. The van der Waals surface area contributed by atoms with Crippen LogP contribution < -0.4 is 0 Å². The molecule has 2 aliphatic carbocycles. The molecule has 5 rings (SSSR count). The minimum absolute atomic E-state index is 0.00893. The Bertz CT molecular complexity index is 1630. The molecule has 3 aromatic rings. The monoisotopic (exact) mass is 588 g/mol. The van der Waals surface area contributed by atoms with Gasteiger partial charge in [0, 0.05) is 12.3 Å². The first kappa shape index (κ1) is 30.8. The van der Waals surface area contributed by atoms with E-state index in [0.717, 1.165) is 21.5 Å². The predicted octanol–water partition coefficient (Wildman–Crippen LogP) is 5.18. The highest BCUT2D eigenvalue weighted by Gasteiger charge is 2.69. The van der Waals surface area contributed by atoms with Crippen LogP contribution in [0, 0.1) is 11.8 Å². The van der Waals surface area contributed by atoms with E-state index in [1.54, 1.807) is 41.5 Å². The van der Waals surface area contributed by atoms with E-state index in [-0.39, 0.29) is 19.3 Å². The molecule has 2 N–H and O–H groups in total. The number of rotatable bonds is 4. The molecule has 0 heterocycles. The summed E-state index contributed by atoms with van der Waals surface area (Å²) < 4.78 is 11.1. The highest BCUT2D eigenvalue weighted by molar-refractivity contribution is 6.35. The van der Waals surface area contributed by atoms with Crippen LogP contribution in [0.15, 0.2) is 54.6 Å². The van der Waals surface area contributed by atoms with Crippen LogP contribution in [-0.2, 0) is 28.7 Å². The lowest BCUT2D eigenvalue weighted by atomic mass is 9.50. The third-order valence-electron chi connectivity index (χ3n) is 8.61. The Balaban J connectivity index is 1.80. The Morgan fingerprint density at radius 3 is 2.05 bits per heavy atom. The first-order valence-electron chi connectivity index (χ1n) is 14.8. The molecule has 2 fully saturated rings. The zero-order valence-corrected chi connectivity index (χ0v) is 25.6. The molecule has 228 valence electrons. The summed E-state index contributed by atoms with van der Waals surface area (Å²) in [6.45, 7) is 9.85. The van der Waals surface area contributed by atoms with Crippen LogP contribution in [-0.4, -0.2) is 56.1 Å². The number of aliphatic hydroxyl groups is 2. The summed E-state index contributed by atoms with van der Waals surface area (Å²) in [5.41, 5.74) is -6.10. The molecule has 2 aliphatic rings. The van der Waals surface area contributed by atoms with Crippen molar-refractivity contribution in [2.24, 2.45) is 11.8 Å². The minimum atomic E-state index is -2.46. The van der Waals surface area contributed by atoms with Crippen molar-refractivity contribution in [1.82, 2.24) is 0 Å². The number of ketones is 2. The van der Waals surface area contributed by atoms with Crippen molar-refractivity contribution in [2.45, 2.75) is 95.5 Å². The SMILES string of the molecule is CC(C)(C)OC(=O)C(=O)[C@H]1[C@H](c2cc3ccccc3c3ccccc23)C[C@](O)(C(=O)OC(C)(C)C)[C@H]2C(=O)CCC[C@]12O. The zero-order valence-electron chi connectivity index (χ0n) is 25.6. The van der Waals surface area contributed by atoms with E-state index in [2.05, 4.69) is 0 Å². The average Bonchev–Trinajstić information content (AvgIpc) is 2.90. The number of carbonyl (C=O) groups excluding carboxylic acids is 4. The number of carbonyl (C=O) groups is 4. The van der Waals surface area contributed by atoms with E-state index in [4.69, 9.17) is 9.47 Å². The fraction of sp³-hybridized carbons (Fsp3) is 0.486. The van der Waals surface area contributed by atoms with Gasteiger partial charge in [-0.2, -0.15) is 0 Å². The van der Waals surface area contributed by atoms with Crippen LogP contribution >= 0.6 is 0 Å². The van der Waals surface area contributed by atoms with Gasteiger partial charge in [-0.1, -0.05) is 54.6 Å². The van der Waals surface area contributed by atoms with Crippen LogP contribution in [0.25, 0.3) is 21.5 Å². The van der Waals surface area contributed by atoms with Gasteiger partial charge in [0.05, 0.1) is 17.4 Å². The Labute approximate surface area is 251 Å². The van der Waals surface area contributed by atoms with Crippen molar-refractivity contribution >= 4 is 45.0 Å². The molecule has 0 bridgehead atoms. The van der Waals surface area contributed by atoms with E-state index in [1.807, 2.05) is 54.6 Å². The smallest absolute Gasteiger partial charge is 0.375 e. The maximum absolute atomic E-state index is 14.2. The first-order chi connectivity index (χ1) is 20.0. The second-order valence-corrected chi connectivity index (χ2v) is 14.1. The van der Waals surface area contributed by atoms with Crippen LogP contribution in [0.2, 0.25) is 0 Å². The lowest BCUT2D eigenvalue weighted by molar-refractivity contribution is -0.226. The van der Waals surface area contributed by atoms with Crippen molar-refractivity contribution in [3.05, 3.63) is 60.2 Å². The van der Waals surface area contributed by atoms with Crippen molar-refractivity contribution in [3.8, 4) is 0 Å². The van der Waals surface area contributed by atoms with Gasteiger partial charge in [0.25, 0.3) is 0 Å². The van der Waals surface area contributed by atoms with Gasteiger partial charge in [-0.25, -0.2) is 9.59 Å². The quantitative estimate of drug-likeness (QED) is 0.243. The largest absolute Gasteiger partial charge is 0.458 e. The van der Waals surface area contributed by atoms with E-state index >= 15 is 0 Å². The van der Waals surface area contributed by atoms with E-state index in [9.17, 15) is 29.4 Å². The zero-order chi connectivity index (χ0) is 31.5. The third kappa shape index (κ3) is 5.47. The van der Waals surface area contributed by atoms with Crippen molar-refractivity contribution in [3.63, 3.8) is 0 Å². The minimum Gasteiger partial charge on any atom is -0.458 e. The Hall–Kier alpha value is -3.62. The van der Waals surface area contributed by atoms with Crippen molar-refractivity contribution < 1.29 is 38.9 Å². The highest BCUT2D eigenvalue weighted by Crippen LogP contribution is 2.57. The first-order valence-corrected chi connectivity index (χ1v) is 14.8. The van der Waals surface area contributed by atoms with Gasteiger partial charge >= 0.3 is 11.9 Å². The Kier molecular flexibility index (Phi) is 7.55. The van der Waals surface area contributed by atoms with Crippen molar-refractivity contribution in [2.75, 3.05) is 0 Å². The van der Waals surface area contributed by atoms with Crippen LogP contribution in [0.4, 0.5) is 0 Å². The van der Waals surface area contributed by atoms with Gasteiger partial charge in [0.2, 0.25) is 5.78 Å². The van der Waals surface area contributed by atoms with Gasteiger partial charge in [-0.15, -0.1) is 0 Å². The molecule has 0 aromatic heterocycles. The van der Waals surface area contributed by atoms with Gasteiger partial charge < -0.3 is 19.7 Å². The molecule has 5 atom stereocenters. The summed E-state index contributed by atoms with van der Waals surface area (Å²) in [4.78, 5) is 54.9. The van der Waals surface area contributed by atoms with Crippen LogP contribution in [0.5, 0.6) is 0 Å². The second kappa shape index (κ2) is 10.5. The Morgan fingerprint density at radius 2 is 1.42 bits per heavy atom. The number of ether oxygens (including phenoxy) is 2. The molecule has 43 heavy (non-hydrogen) atoms. The van der Waals surface area contributed by atoms with E-state index in [1.165, 1.54) is 0 Å². The number of hydrogen-bond acceptors (Lipinski definition) is 8. The maximum atomic E-state index is 14.2. The van der Waals surface area contributed by atoms with Crippen LogP contribution in [0.1, 0.15) is 78.7 Å². The fourth-order valence-electron chi connectivity index (χ4n) is 7.16. The topological polar surface area (TPSA) is 127 Å². The summed E-state index contributed by atoms with van der Waals surface area (Å²) in [7, 11) is 0. The maximum Gasteiger partial charge on any atom is 0.375 e. The molecule has 0 spiro atoms. The second-order valence-electron chi connectivity index (χ2n) is 14.1. The summed E-state index contributed by atoms with van der Waals surface area (Å²) in [5, 5.41) is 28.2. The third-order valence-corrected chi connectivity index (χ3v) is 8.61. The molecular weight excluding hydrogens is 548 g/mol. The summed E-state index contributed by atoms with van der Waals surface area (Å²) in [6.07, 6.45) is -0.258. The summed E-state index contributed by atoms with van der Waals surface area (Å²) >= 11 is 0. The number of esters is 2. The molecular formula is C35H40O8. The molecule has 8 nitrogen and oxygen atoms in total. The molecule has 8 heteroatoms. The molecule has 0 radical (unpaired) electrons. The molecule has 0 amide bonds. The van der Waals surface area contributed by atoms with Gasteiger partial charge in [-0.05, 0) is 87.9 Å². The average molecular weight is 589 g/mol. The van der Waals surface area contributed by atoms with Crippen molar-refractivity contribution in [1.29, 1.82) is 0 Å². The highest BCUT2D eigenvalue weighted by atomic mass is 16.6. The van der Waals surface area contributed by atoms with Gasteiger partial charge in [-0.3, -0.25) is 9.59 Å². The number of fused-ring (bicyclic) bond motifs is 4. The summed E-state index contributed by atoms with van der Waals surface area (Å²) in [6, 6.07) is 17.1. The number of benzene rings is 3. The number of Topliss-reactive ketones (excluding diaryl/α,β-unsaturated/α-hetero) is 2. The van der Waals surface area contributed by atoms with E-state index < -0.39 is 70.1 Å². The summed E-state index contributed by atoms with van der Waals surface area (Å²) in [5.74, 6) is -7.90. The predicted molar refractivity (Wildman–Crippen MR) is 161 cm³/mol. The van der Waals surface area contributed by atoms with Crippen LogP contribution in [0.3, 0.4) is 0 Å². The lowest BCUT2D eigenvalue weighted by Crippen LogP contribution is -2.70. The Morgan fingerprint density at radius 1 is 0.837 bits per heavy atom. The number of hydrogen-bond donors (Lipinski definition) is 2. The van der Waals surface area contributed by atoms with Gasteiger partial charge in [0.1, 0.15) is 17.0 Å². The molecule has 0 aliphatic heterocycles. The van der Waals surface area contributed by atoms with Gasteiger partial charge in [0.15, 0.2) is 5.60 Å². The lowest BCUT2D eigenvalue weighted by Gasteiger charge is -2.56.